The van der Waals surface area contributed by atoms with Gasteiger partial charge in [-0.3, -0.25) is 18.8 Å². The molecule has 152 valence electrons. The highest BCUT2D eigenvalue weighted by Crippen LogP contribution is 2.37. The van der Waals surface area contributed by atoms with Crippen LogP contribution in [0.3, 0.4) is 0 Å². The Bertz CT molecular complexity index is 942. The molecule has 8 nitrogen and oxygen atoms in total. The average Bonchev–Trinajstić information content (AvgIpc) is 3.24. The third-order valence-electron chi connectivity index (χ3n) is 6.20. The topological polar surface area (TPSA) is 77.7 Å². The van der Waals surface area contributed by atoms with Crippen molar-refractivity contribution in [3.63, 3.8) is 0 Å². The maximum atomic E-state index is 12.6. The van der Waals surface area contributed by atoms with Crippen LogP contribution in [0.4, 0.5) is 5.69 Å². The number of methoxy groups -OCH3 is 1. The molecule has 0 radical (unpaired) electrons. The molecule has 1 aromatic carbocycles. The molecular formula is C20H28N4O4. The third kappa shape index (κ3) is 3.25. The van der Waals surface area contributed by atoms with Gasteiger partial charge in [-0.1, -0.05) is 0 Å². The minimum absolute atomic E-state index is 0.00764. The first-order valence-electron chi connectivity index (χ1n) is 9.78. The fraction of sp³-hybridized carbons (Fsp3) is 0.600. The number of fused-ring (bicyclic) bond motifs is 1. The maximum absolute atomic E-state index is 12.6. The van der Waals surface area contributed by atoms with Gasteiger partial charge in [-0.2, -0.15) is 0 Å². The van der Waals surface area contributed by atoms with Gasteiger partial charge in [-0.15, -0.1) is 0 Å². The van der Waals surface area contributed by atoms with Crippen molar-refractivity contribution in [2.75, 3.05) is 38.7 Å². The van der Waals surface area contributed by atoms with Crippen LogP contribution in [-0.4, -0.2) is 65.0 Å². The van der Waals surface area contributed by atoms with Gasteiger partial charge in [-0.25, -0.2) is 4.79 Å². The number of aromatic nitrogens is 2. The molecule has 3 heterocycles. The number of hydrogen-bond acceptors (Lipinski definition) is 5. The summed E-state index contributed by atoms with van der Waals surface area (Å²) in [7, 11) is 5.19. The summed E-state index contributed by atoms with van der Waals surface area (Å²) in [6, 6.07) is 5.52. The van der Waals surface area contributed by atoms with Crippen molar-refractivity contribution < 1.29 is 14.3 Å². The number of piperidine rings is 1. The van der Waals surface area contributed by atoms with E-state index in [0.717, 1.165) is 43.4 Å². The fourth-order valence-corrected chi connectivity index (χ4v) is 4.59. The van der Waals surface area contributed by atoms with Crippen molar-refractivity contribution in [1.29, 1.82) is 0 Å². The van der Waals surface area contributed by atoms with Gasteiger partial charge in [0, 0.05) is 46.6 Å². The molecule has 28 heavy (non-hydrogen) atoms. The minimum atomic E-state index is -0.176. The zero-order valence-corrected chi connectivity index (χ0v) is 16.7. The number of amides is 1. The summed E-state index contributed by atoms with van der Waals surface area (Å²) >= 11 is 0. The summed E-state index contributed by atoms with van der Waals surface area (Å²) in [4.78, 5) is 26.8. The number of nitrogens with zero attached hydrogens (tertiary/aromatic N) is 3. The van der Waals surface area contributed by atoms with Gasteiger partial charge in [0.05, 0.1) is 29.3 Å². The second-order valence-electron chi connectivity index (χ2n) is 7.88. The van der Waals surface area contributed by atoms with Crippen molar-refractivity contribution >= 4 is 22.6 Å². The van der Waals surface area contributed by atoms with Crippen LogP contribution in [0.2, 0.25) is 0 Å². The van der Waals surface area contributed by atoms with E-state index in [1.165, 1.54) is 0 Å². The van der Waals surface area contributed by atoms with E-state index >= 15 is 0 Å². The Morgan fingerprint density at radius 1 is 1.29 bits per heavy atom. The number of nitrogens with one attached hydrogen (secondary N) is 1. The van der Waals surface area contributed by atoms with E-state index in [2.05, 4.69) is 10.2 Å². The Labute approximate surface area is 164 Å². The van der Waals surface area contributed by atoms with E-state index in [0.29, 0.717) is 18.8 Å². The van der Waals surface area contributed by atoms with Gasteiger partial charge >= 0.3 is 5.69 Å². The molecule has 2 atom stereocenters. The second kappa shape index (κ2) is 7.35. The minimum Gasteiger partial charge on any atom is -0.377 e. The number of imidazole rings is 1. The SMILES string of the molecule is CO[C@H]1CN(CC(=O)Nc2ccc3c(c2)n(C)c(=O)n3C)CC[C@@]12CCCO2. The molecule has 0 aliphatic carbocycles. The van der Waals surface area contributed by atoms with Crippen LogP contribution in [0, 0.1) is 0 Å². The molecule has 2 aromatic rings. The number of carbonyl (C=O) groups is 1. The summed E-state index contributed by atoms with van der Waals surface area (Å²) in [6.45, 7) is 2.61. The molecule has 1 aromatic heterocycles. The van der Waals surface area contributed by atoms with Crippen LogP contribution < -0.4 is 11.0 Å². The second-order valence-corrected chi connectivity index (χ2v) is 7.88. The number of carbonyl (C=O) groups excluding carboxylic acids is 1. The van der Waals surface area contributed by atoms with E-state index in [4.69, 9.17) is 9.47 Å². The number of ether oxygens (including phenoxy) is 2. The molecule has 2 aliphatic rings. The Kier molecular flexibility index (Phi) is 5.03. The molecule has 0 bridgehead atoms. The van der Waals surface area contributed by atoms with Crippen LogP contribution in [-0.2, 0) is 28.4 Å². The highest BCUT2D eigenvalue weighted by molar-refractivity contribution is 5.94. The fourth-order valence-electron chi connectivity index (χ4n) is 4.59. The van der Waals surface area contributed by atoms with Crippen LogP contribution in [0.25, 0.3) is 11.0 Å². The van der Waals surface area contributed by atoms with E-state index in [1.54, 1.807) is 30.3 Å². The molecule has 8 heteroatoms. The Balaban J connectivity index is 1.41. The number of rotatable bonds is 4. The maximum Gasteiger partial charge on any atom is 0.328 e. The molecule has 1 spiro atoms. The Hall–Kier alpha value is -2.16. The van der Waals surface area contributed by atoms with Gasteiger partial charge in [0.1, 0.15) is 0 Å². The van der Waals surface area contributed by atoms with E-state index in [-0.39, 0.29) is 23.3 Å². The van der Waals surface area contributed by atoms with Gasteiger partial charge in [0.2, 0.25) is 5.91 Å². The van der Waals surface area contributed by atoms with E-state index in [9.17, 15) is 9.59 Å². The predicted molar refractivity (Wildman–Crippen MR) is 107 cm³/mol. The average molecular weight is 388 g/mol. The van der Waals surface area contributed by atoms with Gasteiger partial charge in [0.15, 0.2) is 0 Å². The van der Waals surface area contributed by atoms with Crippen LogP contribution in [0.15, 0.2) is 23.0 Å². The van der Waals surface area contributed by atoms with Crippen LogP contribution in [0.1, 0.15) is 19.3 Å². The van der Waals surface area contributed by atoms with Crippen molar-refractivity contribution in [2.45, 2.75) is 31.0 Å². The summed E-state index contributed by atoms with van der Waals surface area (Å²) in [5, 5.41) is 2.95. The third-order valence-corrected chi connectivity index (χ3v) is 6.20. The monoisotopic (exact) mass is 388 g/mol. The number of anilines is 1. The summed E-state index contributed by atoms with van der Waals surface area (Å²) in [5.41, 5.74) is 2.06. The molecule has 0 saturated carbocycles. The van der Waals surface area contributed by atoms with Crippen LogP contribution in [0.5, 0.6) is 0 Å². The zero-order chi connectivity index (χ0) is 19.9. The lowest BCUT2D eigenvalue weighted by molar-refractivity contribution is -0.145. The molecule has 2 fully saturated rings. The zero-order valence-electron chi connectivity index (χ0n) is 16.7. The summed E-state index contributed by atoms with van der Waals surface area (Å²) < 4.78 is 14.9. The first kappa shape index (κ1) is 19.2. The lowest BCUT2D eigenvalue weighted by Crippen LogP contribution is -2.57. The number of likely N-dealkylation sites (tertiary alicyclic amines) is 1. The van der Waals surface area contributed by atoms with Gasteiger partial charge in [0.25, 0.3) is 0 Å². The van der Waals surface area contributed by atoms with E-state index in [1.807, 2.05) is 18.2 Å². The largest absolute Gasteiger partial charge is 0.377 e. The molecule has 1 N–H and O–H groups in total. The van der Waals surface area contributed by atoms with Crippen molar-refractivity contribution in [2.24, 2.45) is 14.1 Å². The Morgan fingerprint density at radius 3 is 2.79 bits per heavy atom. The van der Waals surface area contributed by atoms with Crippen LogP contribution >= 0.6 is 0 Å². The lowest BCUT2D eigenvalue weighted by Gasteiger charge is -2.44. The summed E-state index contributed by atoms with van der Waals surface area (Å²) in [5.74, 6) is -0.0709. The molecule has 2 aliphatic heterocycles. The number of hydrogen-bond donors (Lipinski definition) is 1. The predicted octanol–water partition coefficient (Wildman–Crippen LogP) is 1.09. The smallest absolute Gasteiger partial charge is 0.328 e. The van der Waals surface area contributed by atoms with Gasteiger partial charge < -0.3 is 14.8 Å². The normalized spacial score (nSPS) is 25.6. The molecule has 1 amide bonds. The quantitative estimate of drug-likeness (QED) is 0.848. The molecular weight excluding hydrogens is 360 g/mol. The Morgan fingerprint density at radius 2 is 2.07 bits per heavy atom. The molecule has 2 saturated heterocycles. The summed E-state index contributed by atoms with van der Waals surface area (Å²) in [6.07, 6.45) is 2.98. The number of benzene rings is 1. The van der Waals surface area contributed by atoms with Gasteiger partial charge in [-0.05, 0) is 37.5 Å². The first-order chi connectivity index (χ1) is 13.4. The van der Waals surface area contributed by atoms with E-state index < -0.39 is 0 Å². The standard InChI is InChI=1S/C20H28N4O4/c1-22-15-6-5-14(11-16(15)23(2)19(22)26)21-18(25)13-24-9-8-20(7-4-10-28-20)17(12-24)27-3/h5-6,11,17H,4,7-10,12-13H2,1-3H3,(H,21,25)/t17-,20-/m0/s1. The first-order valence-corrected chi connectivity index (χ1v) is 9.78. The highest BCUT2D eigenvalue weighted by atomic mass is 16.5. The van der Waals surface area contributed by atoms with Crippen molar-refractivity contribution in [3.05, 3.63) is 28.7 Å². The van der Waals surface area contributed by atoms with Crippen molar-refractivity contribution in [3.8, 4) is 0 Å². The molecule has 0 unspecified atom stereocenters. The van der Waals surface area contributed by atoms with Crippen molar-refractivity contribution in [1.82, 2.24) is 14.0 Å². The highest BCUT2D eigenvalue weighted by Gasteiger charge is 2.46. The lowest BCUT2D eigenvalue weighted by atomic mass is 9.86. The molecule has 4 rings (SSSR count). The number of aryl methyl sites for hydroxylation is 2.